The van der Waals surface area contributed by atoms with Gasteiger partial charge in [-0.15, -0.1) is 11.8 Å². The van der Waals surface area contributed by atoms with Crippen LogP contribution in [0.2, 0.25) is 0 Å². The lowest BCUT2D eigenvalue weighted by molar-refractivity contribution is -0.137. The van der Waals surface area contributed by atoms with Crippen LogP contribution in [0.1, 0.15) is 41.6 Å². The fourth-order valence-corrected chi connectivity index (χ4v) is 5.61. The molecule has 1 aromatic rings. The van der Waals surface area contributed by atoms with Crippen LogP contribution in [0.3, 0.4) is 0 Å². The van der Waals surface area contributed by atoms with Gasteiger partial charge in [0.25, 0.3) is 0 Å². The summed E-state index contributed by atoms with van der Waals surface area (Å²) in [5, 5.41) is 0. The third-order valence-corrected chi connectivity index (χ3v) is 7.25. The second-order valence-electron chi connectivity index (χ2n) is 8.16. The molecule has 4 nitrogen and oxygen atoms in total. The SMILES string of the molecule is COc1cc(C(F)(F)F)cc(SC)c1C(=O)C[C@@H]1COCC[C@H]1N1CCC2CC21. The number of Topliss-reactive ketones (excluding diaryl/α,β-unsaturated/α-hetero) is 1. The van der Waals surface area contributed by atoms with Crippen molar-refractivity contribution >= 4 is 17.5 Å². The van der Waals surface area contributed by atoms with Crippen molar-refractivity contribution in [2.45, 2.75) is 48.8 Å². The molecular weight excluding hydrogens is 403 g/mol. The first-order valence-electron chi connectivity index (χ1n) is 10.0. The maximum absolute atomic E-state index is 13.2. The van der Waals surface area contributed by atoms with E-state index in [0.717, 1.165) is 42.8 Å². The van der Waals surface area contributed by atoms with Gasteiger partial charge >= 0.3 is 6.18 Å². The Balaban J connectivity index is 1.58. The third kappa shape index (κ3) is 4.16. The molecule has 1 saturated carbocycles. The number of likely N-dealkylation sites (tertiary alicyclic amines) is 1. The van der Waals surface area contributed by atoms with Crippen LogP contribution in [-0.4, -0.2) is 55.9 Å². The average molecular weight is 430 g/mol. The minimum Gasteiger partial charge on any atom is -0.496 e. The Morgan fingerprint density at radius 3 is 2.69 bits per heavy atom. The van der Waals surface area contributed by atoms with E-state index >= 15 is 0 Å². The van der Waals surface area contributed by atoms with Crippen molar-refractivity contribution in [2.24, 2.45) is 11.8 Å². The van der Waals surface area contributed by atoms with Crippen molar-refractivity contribution in [3.63, 3.8) is 0 Å². The minimum atomic E-state index is -4.49. The van der Waals surface area contributed by atoms with E-state index in [4.69, 9.17) is 9.47 Å². The maximum Gasteiger partial charge on any atom is 0.416 e. The Kier molecular flexibility index (Phi) is 5.88. The Labute approximate surface area is 173 Å². The van der Waals surface area contributed by atoms with Gasteiger partial charge in [-0.2, -0.15) is 13.2 Å². The lowest BCUT2D eigenvalue weighted by Crippen LogP contribution is -2.46. The number of alkyl halides is 3. The topological polar surface area (TPSA) is 38.8 Å². The van der Waals surface area contributed by atoms with Gasteiger partial charge in [-0.3, -0.25) is 9.69 Å². The highest BCUT2D eigenvalue weighted by atomic mass is 32.2. The molecule has 160 valence electrons. The number of ether oxygens (including phenoxy) is 2. The Hall–Kier alpha value is -1.25. The maximum atomic E-state index is 13.2. The smallest absolute Gasteiger partial charge is 0.416 e. The molecule has 3 fully saturated rings. The van der Waals surface area contributed by atoms with Crippen molar-refractivity contribution in [1.82, 2.24) is 4.90 Å². The molecule has 1 aliphatic carbocycles. The molecule has 0 N–H and O–H groups in total. The molecular formula is C21H26F3NO3S. The largest absolute Gasteiger partial charge is 0.496 e. The van der Waals surface area contributed by atoms with Crippen LogP contribution < -0.4 is 4.74 Å². The number of piperidine rings is 1. The number of rotatable bonds is 6. The first-order chi connectivity index (χ1) is 13.8. The standard InChI is InChI=1S/C21H26F3NO3S/c1-27-18-9-14(21(22,23)24)10-19(29-2)20(18)17(26)8-13-11-28-6-4-15(13)25-5-3-12-7-16(12)25/h9-10,12-13,15-16H,3-8,11H2,1-2H3/t12?,13-,15-,16?/m1/s1. The van der Waals surface area contributed by atoms with E-state index in [-0.39, 0.29) is 29.4 Å². The number of halogens is 3. The van der Waals surface area contributed by atoms with Gasteiger partial charge in [-0.25, -0.2) is 0 Å². The van der Waals surface area contributed by atoms with Gasteiger partial charge in [-0.05, 0) is 50.1 Å². The van der Waals surface area contributed by atoms with E-state index < -0.39 is 11.7 Å². The van der Waals surface area contributed by atoms with Crippen LogP contribution in [0.5, 0.6) is 5.75 Å². The number of benzene rings is 1. The normalized spacial score (nSPS) is 29.6. The van der Waals surface area contributed by atoms with Gasteiger partial charge in [-0.1, -0.05) is 0 Å². The zero-order chi connectivity index (χ0) is 20.8. The number of fused-ring (bicyclic) bond motifs is 1. The van der Waals surface area contributed by atoms with E-state index in [1.165, 1.54) is 20.0 Å². The van der Waals surface area contributed by atoms with Crippen molar-refractivity contribution in [2.75, 3.05) is 33.1 Å². The molecule has 2 aliphatic heterocycles. The fourth-order valence-electron chi connectivity index (χ4n) is 4.95. The van der Waals surface area contributed by atoms with Crippen LogP contribution in [0.25, 0.3) is 0 Å². The molecule has 4 rings (SSSR count). The molecule has 0 spiro atoms. The van der Waals surface area contributed by atoms with Gasteiger partial charge in [0, 0.05) is 35.9 Å². The number of thioether (sulfide) groups is 1. The zero-order valence-corrected chi connectivity index (χ0v) is 17.4. The summed E-state index contributed by atoms with van der Waals surface area (Å²) in [4.78, 5) is 16.1. The molecule has 1 aromatic carbocycles. The van der Waals surface area contributed by atoms with Crippen LogP contribution in [0.4, 0.5) is 13.2 Å². The van der Waals surface area contributed by atoms with E-state index in [1.807, 2.05) is 0 Å². The van der Waals surface area contributed by atoms with E-state index in [2.05, 4.69) is 4.90 Å². The van der Waals surface area contributed by atoms with Crippen LogP contribution in [0.15, 0.2) is 17.0 Å². The van der Waals surface area contributed by atoms with Gasteiger partial charge in [0.2, 0.25) is 0 Å². The Morgan fingerprint density at radius 1 is 1.31 bits per heavy atom. The second-order valence-corrected chi connectivity index (χ2v) is 9.01. The summed E-state index contributed by atoms with van der Waals surface area (Å²) in [7, 11) is 1.31. The predicted molar refractivity (Wildman–Crippen MR) is 105 cm³/mol. The quantitative estimate of drug-likeness (QED) is 0.492. The molecule has 2 unspecified atom stereocenters. The van der Waals surface area contributed by atoms with Gasteiger partial charge in [0.15, 0.2) is 5.78 Å². The van der Waals surface area contributed by atoms with Gasteiger partial charge < -0.3 is 9.47 Å². The lowest BCUT2D eigenvalue weighted by atomic mass is 9.87. The fraction of sp³-hybridized carbons (Fsp3) is 0.667. The Morgan fingerprint density at radius 2 is 2.10 bits per heavy atom. The minimum absolute atomic E-state index is 0.00844. The highest BCUT2D eigenvalue weighted by Crippen LogP contribution is 2.47. The lowest BCUT2D eigenvalue weighted by Gasteiger charge is -2.38. The van der Waals surface area contributed by atoms with Gasteiger partial charge in [0.1, 0.15) is 5.75 Å². The summed E-state index contributed by atoms with van der Waals surface area (Å²) in [6.45, 7) is 2.29. The molecule has 2 saturated heterocycles. The van der Waals surface area contributed by atoms with Crippen molar-refractivity contribution in [3.8, 4) is 5.75 Å². The van der Waals surface area contributed by atoms with E-state index in [1.54, 1.807) is 6.26 Å². The van der Waals surface area contributed by atoms with E-state index in [0.29, 0.717) is 30.2 Å². The monoisotopic (exact) mass is 429 g/mol. The third-order valence-electron chi connectivity index (χ3n) is 6.49. The number of methoxy groups -OCH3 is 1. The summed E-state index contributed by atoms with van der Waals surface area (Å²) in [6.07, 6.45) is 0.829. The number of ketones is 1. The summed E-state index contributed by atoms with van der Waals surface area (Å²) < 4.78 is 50.5. The molecule has 2 heterocycles. The van der Waals surface area contributed by atoms with Crippen molar-refractivity contribution < 1.29 is 27.4 Å². The molecule has 0 bridgehead atoms. The molecule has 8 heteroatoms. The zero-order valence-electron chi connectivity index (χ0n) is 16.6. The molecule has 29 heavy (non-hydrogen) atoms. The molecule has 3 aliphatic rings. The number of hydrogen-bond acceptors (Lipinski definition) is 5. The average Bonchev–Trinajstić information content (AvgIpc) is 3.36. The number of carbonyl (C=O) groups is 1. The first kappa shape index (κ1) is 21.0. The highest BCUT2D eigenvalue weighted by Gasteiger charge is 2.50. The van der Waals surface area contributed by atoms with Crippen molar-refractivity contribution in [1.29, 1.82) is 0 Å². The number of carbonyl (C=O) groups excluding carboxylic acids is 1. The van der Waals surface area contributed by atoms with Crippen LogP contribution in [0, 0.1) is 11.8 Å². The number of nitrogens with zero attached hydrogens (tertiary/aromatic N) is 1. The van der Waals surface area contributed by atoms with Crippen LogP contribution >= 0.6 is 11.8 Å². The molecule has 4 atom stereocenters. The predicted octanol–water partition coefficient (Wildman–Crippen LogP) is 4.51. The highest BCUT2D eigenvalue weighted by molar-refractivity contribution is 7.98. The van der Waals surface area contributed by atoms with Gasteiger partial charge in [0.05, 0.1) is 24.8 Å². The summed E-state index contributed by atoms with van der Waals surface area (Å²) >= 11 is 1.14. The summed E-state index contributed by atoms with van der Waals surface area (Å²) in [6, 6.07) is 2.93. The van der Waals surface area contributed by atoms with Crippen LogP contribution in [-0.2, 0) is 10.9 Å². The molecule has 0 aromatic heterocycles. The molecule has 0 amide bonds. The summed E-state index contributed by atoms with van der Waals surface area (Å²) in [5.74, 6) is 0.683. The second kappa shape index (κ2) is 8.12. The van der Waals surface area contributed by atoms with E-state index in [9.17, 15) is 18.0 Å². The Bertz CT molecular complexity index is 760. The first-order valence-corrected chi connectivity index (χ1v) is 11.3. The summed E-state index contributed by atoms with van der Waals surface area (Å²) in [5.41, 5.74) is -0.547. The van der Waals surface area contributed by atoms with Crippen molar-refractivity contribution in [3.05, 3.63) is 23.3 Å². The molecule has 0 radical (unpaired) electrons. The number of hydrogen-bond donors (Lipinski definition) is 0.